The van der Waals surface area contributed by atoms with E-state index in [0.717, 1.165) is 10.9 Å². The van der Waals surface area contributed by atoms with Crippen molar-refractivity contribution in [2.75, 3.05) is 19.0 Å². The zero-order chi connectivity index (χ0) is 24.7. The summed E-state index contributed by atoms with van der Waals surface area (Å²) < 4.78 is 6.67. The number of thiazole rings is 1. The summed E-state index contributed by atoms with van der Waals surface area (Å²) in [4.78, 5) is 42.2. The molecule has 2 N–H and O–H groups in total. The molecular formula is C25H28N4O4S. The normalized spacial score (nSPS) is 12.8. The molecule has 0 aliphatic heterocycles. The Kier molecular flexibility index (Phi) is 8.50. The number of nitrogens with one attached hydrogen (secondary N) is 2. The van der Waals surface area contributed by atoms with Crippen LogP contribution in [0.2, 0.25) is 0 Å². The van der Waals surface area contributed by atoms with Crippen molar-refractivity contribution in [2.24, 2.45) is 7.05 Å². The zero-order valence-corrected chi connectivity index (χ0v) is 20.4. The maximum absolute atomic E-state index is 12.9. The number of pyridine rings is 1. The molecule has 2 aromatic heterocycles. The van der Waals surface area contributed by atoms with Crippen LogP contribution >= 0.6 is 11.3 Å². The second-order valence-electron chi connectivity index (χ2n) is 7.61. The number of aryl methyl sites for hydroxylation is 1. The second-order valence-corrected chi connectivity index (χ2v) is 8.47. The van der Waals surface area contributed by atoms with E-state index in [-0.39, 0.29) is 18.1 Å². The molecule has 0 bridgehead atoms. The highest BCUT2D eigenvalue weighted by atomic mass is 32.1. The summed E-state index contributed by atoms with van der Waals surface area (Å²) in [5.41, 5.74) is 1.94. The van der Waals surface area contributed by atoms with Crippen molar-refractivity contribution in [3.8, 4) is 11.3 Å². The van der Waals surface area contributed by atoms with E-state index in [2.05, 4.69) is 15.6 Å². The van der Waals surface area contributed by atoms with E-state index in [4.69, 9.17) is 4.74 Å². The highest BCUT2D eigenvalue weighted by Gasteiger charge is 2.23. The lowest BCUT2D eigenvalue weighted by molar-refractivity contribution is -0.125. The number of rotatable bonds is 9. The van der Waals surface area contributed by atoms with Crippen LogP contribution in [0, 0.1) is 0 Å². The molecule has 1 atom stereocenters. The summed E-state index contributed by atoms with van der Waals surface area (Å²) in [5.74, 6) is -0.770. The molecule has 0 aliphatic carbocycles. The van der Waals surface area contributed by atoms with E-state index in [1.165, 1.54) is 23.0 Å². The number of hydrogen-bond acceptors (Lipinski definition) is 6. The van der Waals surface area contributed by atoms with Gasteiger partial charge < -0.3 is 19.9 Å². The van der Waals surface area contributed by atoms with Gasteiger partial charge in [0, 0.05) is 42.3 Å². The van der Waals surface area contributed by atoms with Crippen molar-refractivity contribution in [2.45, 2.75) is 26.3 Å². The van der Waals surface area contributed by atoms with Gasteiger partial charge in [0.15, 0.2) is 5.13 Å². The lowest BCUT2D eigenvalue weighted by Gasteiger charge is -2.17. The quantitative estimate of drug-likeness (QED) is 0.360. The Morgan fingerprint density at radius 2 is 2.09 bits per heavy atom. The van der Waals surface area contributed by atoms with E-state index in [0.29, 0.717) is 28.2 Å². The Morgan fingerprint density at radius 3 is 2.79 bits per heavy atom. The lowest BCUT2D eigenvalue weighted by Crippen LogP contribution is -2.47. The molecule has 1 unspecified atom stereocenters. The SMILES string of the molecule is C/C=C\C(=C/CC)C(=O)NC(COC)C(=O)Nc1nc(-c2ccc3c(=O)n(C)ccc3c2)cs1. The summed E-state index contributed by atoms with van der Waals surface area (Å²) in [6.45, 7) is 3.78. The number of fused-ring (bicyclic) bond motifs is 1. The molecule has 34 heavy (non-hydrogen) atoms. The Labute approximate surface area is 202 Å². The number of anilines is 1. The lowest BCUT2D eigenvalue weighted by atomic mass is 10.1. The maximum atomic E-state index is 12.9. The zero-order valence-electron chi connectivity index (χ0n) is 19.6. The number of methoxy groups -OCH3 is 1. The van der Waals surface area contributed by atoms with Crippen molar-refractivity contribution >= 4 is 39.1 Å². The first kappa shape index (κ1) is 25.1. The van der Waals surface area contributed by atoms with Gasteiger partial charge >= 0.3 is 0 Å². The third-order valence-corrected chi connectivity index (χ3v) is 5.86. The molecule has 0 fully saturated rings. The Morgan fingerprint density at radius 1 is 1.29 bits per heavy atom. The average Bonchev–Trinajstić information content (AvgIpc) is 3.29. The van der Waals surface area contributed by atoms with Gasteiger partial charge in [-0.15, -0.1) is 11.3 Å². The first-order valence-corrected chi connectivity index (χ1v) is 11.7. The number of aromatic nitrogens is 2. The van der Waals surface area contributed by atoms with E-state index in [1.54, 1.807) is 37.5 Å². The summed E-state index contributed by atoms with van der Waals surface area (Å²) in [6.07, 6.45) is 7.69. The third kappa shape index (κ3) is 5.86. The number of benzene rings is 1. The van der Waals surface area contributed by atoms with Crippen LogP contribution in [0.3, 0.4) is 0 Å². The standard InChI is InChI=1S/C25H28N4O4S/c1-5-7-16(8-6-2)22(30)26-20(14-33-4)23(31)28-25-27-21(15-34-25)18-9-10-19-17(13-18)11-12-29(3)24(19)32/h5,7-13,15,20H,6,14H2,1-4H3,(H,26,30)(H,27,28,31)/b7-5-,16-8+. The Balaban J connectivity index is 1.76. The average molecular weight is 481 g/mol. The summed E-state index contributed by atoms with van der Waals surface area (Å²) in [7, 11) is 3.18. The number of hydrogen-bond donors (Lipinski definition) is 2. The molecular weight excluding hydrogens is 452 g/mol. The first-order valence-electron chi connectivity index (χ1n) is 10.9. The van der Waals surface area contributed by atoms with Gasteiger partial charge in [0.2, 0.25) is 0 Å². The van der Waals surface area contributed by atoms with Gasteiger partial charge in [0.25, 0.3) is 17.4 Å². The van der Waals surface area contributed by atoms with Crippen LogP contribution in [0.15, 0.2) is 64.4 Å². The third-order valence-electron chi connectivity index (χ3n) is 5.10. The molecule has 2 heterocycles. The molecule has 3 rings (SSSR count). The second kappa shape index (κ2) is 11.5. The fourth-order valence-electron chi connectivity index (χ4n) is 3.39. The number of nitrogens with zero attached hydrogens (tertiary/aromatic N) is 2. The number of carbonyl (C=O) groups excluding carboxylic acids is 2. The predicted molar refractivity (Wildman–Crippen MR) is 136 cm³/mol. The minimum Gasteiger partial charge on any atom is -0.382 e. The van der Waals surface area contributed by atoms with E-state index in [1.807, 2.05) is 37.4 Å². The van der Waals surface area contributed by atoms with Crippen molar-refractivity contribution < 1.29 is 14.3 Å². The smallest absolute Gasteiger partial charge is 0.258 e. The molecule has 8 nitrogen and oxygen atoms in total. The molecule has 0 spiro atoms. The minimum atomic E-state index is -0.882. The van der Waals surface area contributed by atoms with E-state index in [9.17, 15) is 14.4 Å². The molecule has 9 heteroatoms. The molecule has 178 valence electrons. The van der Waals surface area contributed by atoms with Crippen LogP contribution in [-0.4, -0.2) is 41.1 Å². The van der Waals surface area contributed by atoms with Crippen LogP contribution in [0.4, 0.5) is 5.13 Å². The topological polar surface area (TPSA) is 102 Å². The summed E-state index contributed by atoms with van der Waals surface area (Å²) in [5, 5.41) is 9.17. The number of amides is 2. The minimum absolute atomic E-state index is 0.0185. The van der Waals surface area contributed by atoms with Crippen LogP contribution in [-0.2, 0) is 21.4 Å². The molecule has 0 saturated carbocycles. The van der Waals surface area contributed by atoms with Crippen molar-refractivity contribution in [3.63, 3.8) is 0 Å². The van der Waals surface area contributed by atoms with Gasteiger partial charge in [-0.1, -0.05) is 31.2 Å². The van der Waals surface area contributed by atoms with Gasteiger partial charge in [-0.3, -0.25) is 14.4 Å². The van der Waals surface area contributed by atoms with Crippen molar-refractivity contribution in [1.82, 2.24) is 14.9 Å². The van der Waals surface area contributed by atoms with E-state index < -0.39 is 11.9 Å². The van der Waals surface area contributed by atoms with Crippen LogP contribution < -0.4 is 16.2 Å². The van der Waals surface area contributed by atoms with Crippen molar-refractivity contribution in [1.29, 1.82) is 0 Å². The number of allylic oxidation sites excluding steroid dienone is 2. The summed E-state index contributed by atoms with van der Waals surface area (Å²) >= 11 is 1.28. The monoisotopic (exact) mass is 480 g/mol. The molecule has 2 amide bonds. The molecule has 0 aliphatic rings. The predicted octanol–water partition coefficient (Wildman–Crippen LogP) is 3.64. The van der Waals surface area contributed by atoms with Gasteiger partial charge in [0.1, 0.15) is 6.04 Å². The van der Waals surface area contributed by atoms with Gasteiger partial charge in [-0.25, -0.2) is 4.98 Å². The first-order chi connectivity index (χ1) is 16.4. The van der Waals surface area contributed by atoms with E-state index >= 15 is 0 Å². The Hall–Kier alpha value is -3.56. The molecule has 0 saturated heterocycles. The van der Waals surface area contributed by atoms with Gasteiger partial charge in [0.05, 0.1) is 12.3 Å². The van der Waals surface area contributed by atoms with Crippen LogP contribution in [0.25, 0.3) is 22.0 Å². The van der Waals surface area contributed by atoms with Crippen molar-refractivity contribution in [3.05, 3.63) is 70.0 Å². The van der Waals surface area contributed by atoms with Gasteiger partial charge in [-0.05, 0) is 36.9 Å². The maximum Gasteiger partial charge on any atom is 0.258 e. The largest absolute Gasteiger partial charge is 0.382 e. The van der Waals surface area contributed by atoms with Gasteiger partial charge in [-0.2, -0.15) is 0 Å². The highest BCUT2D eigenvalue weighted by Crippen LogP contribution is 2.27. The number of carbonyl (C=O) groups is 2. The highest BCUT2D eigenvalue weighted by molar-refractivity contribution is 7.14. The number of ether oxygens (including phenoxy) is 1. The fourth-order valence-corrected chi connectivity index (χ4v) is 4.11. The Bertz CT molecular complexity index is 1310. The fraction of sp³-hybridized carbons (Fsp3) is 0.280. The molecule has 3 aromatic rings. The van der Waals surface area contributed by atoms with Crippen LogP contribution in [0.5, 0.6) is 0 Å². The molecule has 0 radical (unpaired) electrons. The molecule has 1 aromatic carbocycles. The van der Waals surface area contributed by atoms with Crippen LogP contribution in [0.1, 0.15) is 20.3 Å². The summed E-state index contributed by atoms with van der Waals surface area (Å²) in [6, 6.07) is 6.51.